The van der Waals surface area contributed by atoms with E-state index in [1.165, 1.54) is 15.7 Å². The number of aldehydes is 1. The standard InChI is InChI=1S/C26H28N8O4/c1-16-9-17(2)34(25(36)30-16)14-19-10-18-5-4-7-33(24(18)31-22(19)15-35)26(37)32-23-11-21(28-6-8-38-3)20(12-27)13-29-23/h9-11,13,15H,4-8,14H2,1-3H3,(H2,28,29,32,37). The van der Waals surface area contributed by atoms with Gasteiger partial charge in [-0.25, -0.2) is 19.6 Å². The molecular formula is C26H28N8O4. The van der Waals surface area contributed by atoms with E-state index < -0.39 is 11.7 Å². The molecule has 4 heterocycles. The average Bonchev–Trinajstić information content (AvgIpc) is 2.90. The maximum absolute atomic E-state index is 13.2. The van der Waals surface area contributed by atoms with Crippen molar-refractivity contribution in [2.24, 2.45) is 0 Å². The maximum Gasteiger partial charge on any atom is 0.348 e. The van der Waals surface area contributed by atoms with Gasteiger partial charge in [-0.1, -0.05) is 0 Å². The quantitative estimate of drug-likeness (QED) is 0.339. The molecule has 3 aromatic heterocycles. The zero-order chi connectivity index (χ0) is 27.2. The van der Waals surface area contributed by atoms with Gasteiger partial charge in [0, 0.05) is 49.4 Å². The molecule has 1 aliphatic heterocycles. The van der Waals surface area contributed by atoms with Crippen LogP contribution in [-0.2, 0) is 17.7 Å². The van der Waals surface area contributed by atoms with Gasteiger partial charge in [-0.15, -0.1) is 0 Å². The molecule has 0 atom stereocenters. The van der Waals surface area contributed by atoms with Crippen molar-refractivity contribution in [3.05, 3.63) is 68.7 Å². The van der Waals surface area contributed by atoms with E-state index in [0.717, 1.165) is 11.3 Å². The summed E-state index contributed by atoms with van der Waals surface area (Å²) in [5, 5.41) is 15.2. The summed E-state index contributed by atoms with van der Waals surface area (Å²) < 4.78 is 6.52. The van der Waals surface area contributed by atoms with Crippen LogP contribution in [-0.4, -0.2) is 58.6 Å². The van der Waals surface area contributed by atoms with Gasteiger partial charge in [-0.05, 0) is 44.4 Å². The van der Waals surface area contributed by atoms with Crippen molar-refractivity contribution in [3.8, 4) is 6.07 Å². The lowest BCUT2D eigenvalue weighted by Gasteiger charge is -2.29. The number of pyridine rings is 2. The first-order valence-electron chi connectivity index (χ1n) is 12.1. The van der Waals surface area contributed by atoms with Crippen LogP contribution in [0.3, 0.4) is 0 Å². The van der Waals surface area contributed by atoms with E-state index in [1.54, 1.807) is 26.2 Å². The highest BCUT2D eigenvalue weighted by molar-refractivity contribution is 6.01. The smallest absolute Gasteiger partial charge is 0.348 e. The lowest BCUT2D eigenvalue weighted by Crippen LogP contribution is -2.40. The number of nitriles is 1. The second-order valence-electron chi connectivity index (χ2n) is 8.87. The van der Waals surface area contributed by atoms with Gasteiger partial charge in [-0.2, -0.15) is 10.2 Å². The number of methoxy groups -OCH3 is 1. The van der Waals surface area contributed by atoms with Crippen molar-refractivity contribution in [2.45, 2.75) is 33.2 Å². The number of nitrogens with one attached hydrogen (secondary N) is 2. The summed E-state index contributed by atoms with van der Waals surface area (Å²) in [6.07, 6.45) is 3.37. The average molecular weight is 517 g/mol. The van der Waals surface area contributed by atoms with E-state index >= 15 is 0 Å². The number of nitrogens with zero attached hydrogens (tertiary/aromatic N) is 6. The van der Waals surface area contributed by atoms with E-state index in [1.807, 2.05) is 13.0 Å². The van der Waals surface area contributed by atoms with Crippen LogP contribution in [0.25, 0.3) is 0 Å². The first kappa shape index (κ1) is 26.4. The van der Waals surface area contributed by atoms with E-state index in [4.69, 9.17) is 4.74 Å². The maximum atomic E-state index is 13.2. The molecule has 4 rings (SSSR count). The topological polar surface area (TPSA) is 155 Å². The number of urea groups is 1. The van der Waals surface area contributed by atoms with Crippen molar-refractivity contribution >= 4 is 29.6 Å². The van der Waals surface area contributed by atoms with Crippen LogP contribution in [0.5, 0.6) is 0 Å². The molecule has 0 saturated heterocycles. The van der Waals surface area contributed by atoms with Crippen molar-refractivity contribution < 1.29 is 14.3 Å². The molecule has 0 bridgehead atoms. The predicted molar refractivity (Wildman–Crippen MR) is 141 cm³/mol. The number of fused-ring (bicyclic) bond motifs is 1. The lowest BCUT2D eigenvalue weighted by atomic mass is 10.0. The number of aromatic nitrogens is 4. The van der Waals surface area contributed by atoms with Gasteiger partial charge in [0.2, 0.25) is 0 Å². The predicted octanol–water partition coefficient (Wildman–Crippen LogP) is 2.43. The van der Waals surface area contributed by atoms with Crippen LogP contribution in [0.4, 0.5) is 22.1 Å². The van der Waals surface area contributed by atoms with Crippen LogP contribution >= 0.6 is 0 Å². The molecule has 2 N–H and O–H groups in total. The largest absolute Gasteiger partial charge is 0.383 e. The van der Waals surface area contributed by atoms with Crippen LogP contribution in [0, 0.1) is 25.2 Å². The van der Waals surface area contributed by atoms with Crippen LogP contribution in [0.15, 0.2) is 29.2 Å². The number of amides is 2. The Morgan fingerprint density at radius 1 is 1.26 bits per heavy atom. The molecule has 196 valence electrons. The summed E-state index contributed by atoms with van der Waals surface area (Å²) in [4.78, 5) is 51.8. The minimum absolute atomic E-state index is 0.145. The third-order valence-electron chi connectivity index (χ3n) is 6.19. The molecular weight excluding hydrogens is 488 g/mol. The highest BCUT2D eigenvalue weighted by atomic mass is 16.5. The van der Waals surface area contributed by atoms with Crippen LogP contribution < -0.4 is 21.2 Å². The third kappa shape index (κ3) is 5.68. The number of carbonyl (C=O) groups excluding carboxylic acids is 2. The molecule has 0 spiro atoms. The summed E-state index contributed by atoms with van der Waals surface area (Å²) in [6.45, 7) is 5.03. The first-order valence-corrected chi connectivity index (χ1v) is 12.1. The third-order valence-corrected chi connectivity index (χ3v) is 6.19. The Kier molecular flexibility index (Phi) is 8.08. The fraction of sp³-hybridized carbons (Fsp3) is 0.346. The summed E-state index contributed by atoms with van der Waals surface area (Å²) >= 11 is 0. The molecule has 0 aliphatic carbocycles. The zero-order valence-electron chi connectivity index (χ0n) is 21.4. The number of carbonyl (C=O) groups is 2. The van der Waals surface area contributed by atoms with Crippen molar-refractivity contribution in [2.75, 3.05) is 42.3 Å². The van der Waals surface area contributed by atoms with Gasteiger partial charge in [0.25, 0.3) is 0 Å². The van der Waals surface area contributed by atoms with Crippen LogP contribution in [0.2, 0.25) is 0 Å². The van der Waals surface area contributed by atoms with Crippen molar-refractivity contribution in [1.82, 2.24) is 19.5 Å². The van der Waals surface area contributed by atoms with E-state index in [-0.39, 0.29) is 18.1 Å². The number of aryl methyl sites for hydroxylation is 3. The molecule has 2 amide bonds. The summed E-state index contributed by atoms with van der Waals surface area (Å²) in [7, 11) is 1.58. The highest BCUT2D eigenvalue weighted by Gasteiger charge is 2.26. The molecule has 12 nitrogen and oxygen atoms in total. The van der Waals surface area contributed by atoms with Gasteiger partial charge in [-0.3, -0.25) is 19.6 Å². The molecule has 0 fully saturated rings. The molecule has 12 heteroatoms. The molecule has 1 aliphatic rings. The molecule has 0 saturated carbocycles. The summed E-state index contributed by atoms with van der Waals surface area (Å²) in [5.41, 5.74) is 3.34. The fourth-order valence-corrected chi connectivity index (χ4v) is 4.35. The highest BCUT2D eigenvalue weighted by Crippen LogP contribution is 2.28. The Labute approximate surface area is 219 Å². The molecule has 0 radical (unpaired) electrons. The van der Waals surface area contributed by atoms with E-state index in [2.05, 4.69) is 31.7 Å². The number of anilines is 3. The van der Waals surface area contributed by atoms with Gasteiger partial charge in [0.15, 0.2) is 6.29 Å². The summed E-state index contributed by atoms with van der Waals surface area (Å²) in [5.74, 6) is 0.646. The van der Waals surface area contributed by atoms with E-state index in [0.29, 0.717) is 67.2 Å². The zero-order valence-corrected chi connectivity index (χ0v) is 21.4. The first-order chi connectivity index (χ1) is 18.3. The Morgan fingerprint density at radius 2 is 2.08 bits per heavy atom. The molecule has 0 unspecified atom stereocenters. The summed E-state index contributed by atoms with van der Waals surface area (Å²) in [6, 6.07) is 6.82. The monoisotopic (exact) mass is 516 g/mol. The van der Waals surface area contributed by atoms with Gasteiger partial charge in [0.05, 0.1) is 24.4 Å². The second kappa shape index (κ2) is 11.6. The van der Waals surface area contributed by atoms with Gasteiger partial charge < -0.3 is 10.1 Å². The Balaban J connectivity index is 1.60. The Morgan fingerprint density at radius 3 is 2.79 bits per heavy atom. The minimum Gasteiger partial charge on any atom is -0.383 e. The minimum atomic E-state index is -0.460. The SMILES string of the molecule is COCCNc1cc(NC(=O)N2CCCc3cc(Cn4c(C)cc(C)nc4=O)c(C=O)nc32)ncc1C#N. The van der Waals surface area contributed by atoms with Gasteiger partial charge in [0.1, 0.15) is 23.4 Å². The van der Waals surface area contributed by atoms with Crippen molar-refractivity contribution in [3.63, 3.8) is 0 Å². The lowest BCUT2D eigenvalue weighted by molar-refractivity contribution is 0.111. The van der Waals surface area contributed by atoms with Gasteiger partial charge >= 0.3 is 11.7 Å². The second-order valence-corrected chi connectivity index (χ2v) is 8.87. The molecule has 38 heavy (non-hydrogen) atoms. The number of ether oxygens (including phenoxy) is 1. The fourth-order valence-electron chi connectivity index (χ4n) is 4.35. The molecule has 0 aromatic carbocycles. The Hall–Kier alpha value is -4.63. The van der Waals surface area contributed by atoms with Crippen LogP contribution in [0.1, 0.15) is 45.0 Å². The Bertz CT molecular complexity index is 1480. The van der Waals surface area contributed by atoms with E-state index in [9.17, 15) is 19.6 Å². The number of hydrogen-bond donors (Lipinski definition) is 2. The number of rotatable bonds is 8. The van der Waals surface area contributed by atoms with Crippen molar-refractivity contribution in [1.29, 1.82) is 5.26 Å². The number of hydrogen-bond acceptors (Lipinski definition) is 9. The normalized spacial score (nSPS) is 12.4. The molecule has 3 aromatic rings.